The number of aromatic nitrogens is 3. The number of halogens is 1. The molecule has 0 saturated heterocycles. The zero-order valence-electron chi connectivity index (χ0n) is 6.49. The van der Waals surface area contributed by atoms with E-state index in [0.29, 0.717) is 11.6 Å². The number of aliphatic hydroxyl groups is 1. The van der Waals surface area contributed by atoms with Crippen LogP contribution in [0.15, 0.2) is 15.9 Å². The van der Waals surface area contributed by atoms with Gasteiger partial charge in [0.05, 0.1) is 4.88 Å². The van der Waals surface area contributed by atoms with Crippen LogP contribution in [0.1, 0.15) is 5.82 Å². The van der Waals surface area contributed by atoms with Crippen LogP contribution in [0.3, 0.4) is 0 Å². The number of nitrogens with zero attached hydrogens (tertiary/aromatic N) is 2. The molecular formula is C7H6BrN3OS. The van der Waals surface area contributed by atoms with Gasteiger partial charge in [-0.3, -0.25) is 5.10 Å². The second kappa shape index (κ2) is 3.57. The van der Waals surface area contributed by atoms with Crippen molar-refractivity contribution in [3.8, 4) is 10.7 Å². The predicted octanol–water partition coefficient (Wildman–Crippen LogP) is 1.79. The van der Waals surface area contributed by atoms with Gasteiger partial charge in [0.1, 0.15) is 6.61 Å². The van der Waals surface area contributed by atoms with Crippen LogP contribution in [0, 0.1) is 0 Å². The van der Waals surface area contributed by atoms with Gasteiger partial charge in [0.15, 0.2) is 11.6 Å². The summed E-state index contributed by atoms with van der Waals surface area (Å²) in [5.74, 6) is 1.11. The first-order valence-corrected chi connectivity index (χ1v) is 5.23. The number of rotatable bonds is 2. The van der Waals surface area contributed by atoms with Crippen molar-refractivity contribution in [3.63, 3.8) is 0 Å². The Hall–Kier alpha value is -0.720. The Morgan fingerprint density at radius 3 is 3.00 bits per heavy atom. The second-order valence-electron chi connectivity index (χ2n) is 2.39. The van der Waals surface area contributed by atoms with Gasteiger partial charge in [-0.2, -0.15) is 5.10 Å². The smallest absolute Gasteiger partial charge is 0.191 e. The van der Waals surface area contributed by atoms with Crippen molar-refractivity contribution in [2.75, 3.05) is 0 Å². The van der Waals surface area contributed by atoms with E-state index in [1.165, 1.54) is 0 Å². The van der Waals surface area contributed by atoms with E-state index in [0.717, 1.165) is 9.35 Å². The standard InChI is InChI=1S/C7H6BrN3OS/c8-4-1-5(13-3-4)7-9-6(2-12)10-11-7/h1,3,12H,2H2,(H,9,10,11). The molecule has 68 valence electrons. The molecule has 0 aliphatic heterocycles. The maximum Gasteiger partial charge on any atom is 0.191 e. The molecule has 0 bridgehead atoms. The summed E-state index contributed by atoms with van der Waals surface area (Å²) in [6.07, 6.45) is 0. The molecule has 0 aliphatic rings. The fourth-order valence-electron chi connectivity index (χ4n) is 0.907. The lowest BCUT2D eigenvalue weighted by Crippen LogP contribution is -1.84. The van der Waals surface area contributed by atoms with Gasteiger partial charge in [-0.1, -0.05) is 0 Å². The molecule has 13 heavy (non-hydrogen) atoms. The highest BCUT2D eigenvalue weighted by Crippen LogP contribution is 2.27. The molecular weight excluding hydrogens is 254 g/mol. The van der Waals surface area contributed by atoms with Crippen LogP contribution in [0.2, 0.25) is 0 Å². The number of nitrogens with one attached hydrogen (secondary N) is 1. The van der Waals surface area contributed by atoms with Crippen molar-refractivity contribution < 1.29 is 5.11 Å². The van der Waals surface area contributed by atoms with Crippen molar-refractivity contribution in [3.05, 3.63) is 21.7 Å². The maximum atomic E-state index is 8.76. The minimum absolute atomic E-state index is 0.112. The van der Waals surface area contributed by atoms with Crippen molar-refractivity contribution >= 4 is 27.3 Å². The monoisotopic (exact) mass is 259 g/mol. The van der Waals surface area contributed by atoms with Crippen molar-refractivity contribution in [2.24, 2.45) is 0 Å². The van der Waals surface area contributed by atoms with E-state index < -0.39 is 0 Å². The van der Waals surface area contributed by atoms with Gasteiger partial charge in [0.25, 0.3) is 0 Å². The summed E-state index contributed by atoms with van der Waals surface area (Å²) in [7, 11) is 0. The average molecular weight is 260 g/mol. The Labute approximate surface area is 86.8 Å². The average Bonchev–Trinajstić information content (AvgIpc) is 2.71. The molecule has 0 spiro atoms. The van der Waals surface area contributed by atoms with E-state index in [2.05, 4.69) is 31.1 Å². The fourth-order valence-corrected chi connectivity index (χ4v) is 2.27. The quantitative estimate of drug-likeness (QED) is 0.865. The van der Waals surface area contributed by atoms with Crippen molar-refractivity contribution in [2.45, 2.75) is 6.61 Å². The fraction of sp³-hybridized carbons (Fsp3) is 0.143. The van der Waals surface area contributed by atoms with E-state index in [9.17, 15) is 0 Å². The number of hydrogen-bond donors (Lipinski definition) is 2. The van der Waals surface area contributed by atoms with Crippen LogP contribution in [-0.4, -0.2) is 20.3 Å². The number of thiophene rings is 1. The number of hydrogen-bond acceptors (Lipinski definition) is 4. The van der Waals surface area contributed by atoms with Crippen LogP contribution in [-0.2, 0) is 6.61 Å². The summed E-state index contributed by atoms with van der Waals surface area (Å²) < 4.78 is 1.02. The lowest BCUT2D eigenvalue weighted by atomic mass is 10.4. The minimum atomic E-state index is -0.112. The van der Waals surface area contributed by atoms with Crippen LogP contribution >= 0.6 is 27.3 Å². The van der Waals surface area contributed by atoms with Gasteiger partial charge in [0, 0.05) is 9.85 Å². The molecule has 2 aromatic heterocycles. The summed E-state index contributed by atoms with van der Waals surface area (Å²) in [5, 5.41) is 17.3. The van der Waals surface area contributed by atoms with Gasteiger partial charge in [-0.15, -0.1) is 11.3 Å². The zero-order valence-corrected chi connectivity index (χ0v) is 8.89. The molecule has 4 nitrogen and oxygen atoms in total. The lowest BCUT2D eigenvalue weighted by molar-refractivity contribution is 0.272. The third kappa shape index (κ3) is 1.79. The molecule has 0 aromatic carbocycles. The molecule has 2 aromatic rings. The summed E-state index contributed by atoms with van der Waals surface area (Å²) in [6, 6.07) is 1.94. The molecule has 0 unspecified atom stereocenters. The first kappa shape index (κ1) is 8.86. The molecule has 2 N–H and O–H groups in total. The maximum absolute atomic E-state index is 8.76. The third-order valence-electron chi connectivity index (χ3n) is 1.47. The van der Waals surface area contributed by atoms with Gasteiger partial charge in [-0.05, 0) is 22.0 Å². The molecule has 0 amide bonds. The Bertz CT molecular complexity index is 411. The predicted molar refractivity (Wildman–Crippen MR) is 53.3 cm³/mol. The van der Waals surface area contributed by atoms with E-state index in [1.807, 2.05) is 11.4 Å². The highest BCUT2D eigenvalue weighted by Gasteiger charge is 2.06. The highest BCUT2D eigenvalue weighted by molar-refractivity contribution is 9.10. The molecule has 0 aliphatic carbocycles. The normalized spacial score (nSPS) is 10.6. The van der Waals surface area contributed by atoms with E-state index in [-0.39, 0.29) is 6.61 Å². The van der Waals surface area contributed by atoms with Crippen molar-refractivity contribution in [1.82, 2.24) is 15.2 Å². The molecule has 2 rings (SSSR count). The summed E-state index contributed by atoms with van der Waals surface area (Å²) >= 11 is 4.90. The Kier molecular flexibility index (Phi) is 2.43. The minimum Gasteiger partial charge on any atom is -0.388 e. The number of aromatic amines is 1. The highest BCUT2D eigenvalue weighted by atomic mass is 79.9. The molecule has 0 radical (unpaired) electrons. The van der Waals surface area contributed by atoms with Crippen molar-refractivity contribution in [1.29, 1.82) is 0 Å². The molecule has 2 heterocycles. The van der Waals surface area contributed by atoms with Gasteiger partial charge in [0.2, 0.25) is 0 Å². The second-order valence-corrected chi connectivity index (χ2v) is 4.22. The molecule has 0 saturated carbocycles. The summed E-state index contributed by atoms with van der Waals surface area (Å²) in [6.45, 7) is -0.112. The van der Waals surface area contributed by atoms with Gasteiger partial charge < -0.3 is 5.11 Å². The number of H-pyrrole nitrogens is 1. The SMILES string of the molecule is OCc1nc(-c2cc(Br)cs2)n[nH]1. The summed E-state index contributed by atoms with van der Waals surface area (Å²) in [4.78, 5) is 5.06. The number of aliphatic hydroxyl groups excluding tert-OH is 1. The van der Waals surface area contributed by atoms with Gasteiger partial charge in [-0.25, -0.2) is 4.98 Å². The largest absolute Gasteiger partial charge is 0.388 e. The first-order valence-electron chi connectivity index (χ1n) is 3.56. The van der Waals surface area contributed by atoms with Crippen LogP contribution in [0.25, 0.3) is 10.7 Å². The molecule has 0 fully saturated rings. The zero-order chi connectivity index (χ0) is 9.26. The lowest BCUT2D eigenvalue weighted by Gasteiger charge is -1.84. The molecule has 0 atom stereocenters. The van der Waals surface area contributed by atoms with Crippen LogP contribution in [0.5, 0.6) is 0 Å². The van der Waals surface area contributed by atoms with Gasteiger partial charge >= 0.3 is 0 Å². The topological polar surface area (TPSA) is 61.8 Å². The Morgan fingerprint density at radius 2 is 2.46 bits per heavy atom. The Morgan fingerprint density at radius 1 is 1.62 bits per heavy atom. The van der Waals surface area contributed by atoms with Crippen LogP contribution in [0.4, 0.5) is 0 Å². The molecule has 6 heteroatoms. The summed E-state index contributed by atoms with van der Waals surface area (Å²) in [5.41, 5.74) is 0. The Balaban J connectivity index is 2.35. The first-order chi connectivity index (χ1) is 6.29. The van der Waals surface area contributed by atoms with Crippen LogP contribution < -0.4 is 0 Å². The van der Waals surface area contributed by atoms with E-state index in [4.69, 9.17) is 5.11 Å². The van der Waals surface area contributed by atoms with E-state index in [1.54, 1.807) is 11.3 Å². The third-order valence-corrected chi connectivity index (χ3v) is 3.16. The van der Waals surface area contributed by atoms with E-state index >= 15 is 0 Å².